The summed E-state index contributed by atoms with van der Waals surface area (Å²) in [6.07, 6.45) is 6.62. The lowest BCUT2D eigenvalue weighted by molar-refractivity contribution is 0.174. The zero-order valence-corrected chi connectivity index (χ0v) is 14.9. The van der Waals surface area contributed by atoms with E-state index in [9.17, 15) is 8.42 Å². The van der Waals surface area contributed by atoms with Gasteiger partial charge in [0.2, 0.25) is 10.0 Å². The van der Waals surface area contributed by atoms with E-state index in [1.54, 1.807) is 39.7 Å². The second-order valence-corrected chi connectivity index (χ2v) is 8.86. The Bertz CT molecular complexity index is 839. The number of hydrogen-bond acceptors (Lipinski definition) is 4. The molecule has 2 aliphatic rings. The summed E-state index contributed by atoms with van der Waals surface area (Å²) in [6, 6.07) is 5.15. The Kier molecular flexibility index (Phi) is 3.89. The van der Waals surface area contributed by atoms with Gasteiger partial charge in [-0.2, -0.15) is 19.3 Å². The van der Waals surface area contributed by atoms with Crippen molar-refractivity contribution in [2.45, 2.75) is 55.6 Å². The minimum Gasteiger partial charge on any atom is -0.207 e. The molecule has 0 spiro atoms. The number of halogens is 1. The highest BCUT2D eigenvalue weighted by Gasteiger charge is 2.48. The van der Waals surface area contributed by atoms with Crippen LogP contribution in [0.3, 0.4) is 0 Å². The van der Waals surface area contributed by atoms with Crippen molar-refractivity contribution in [2.24, 2.45) is 0 Å². The molecule has 0 aliphatic carbocycles. The number of benzene rings is 1. The van der Waals surface area contributed by atoms with Crippen LogP contribution in [0.2, 0.25) is 5.02 Å². The van der Waals surface area contributed by atoms with Crippen LogP contribution >= 0.6 is 11.6 Å². The fraction of sp³-hybridized carbons (Fsp3) is 0.500. The van der Waals surface area contributed by atoms with Crippen LogP contribution in [0.15, 0.2) is 35.5 Å². The molecular weight excluding hydrogens is 348 g/mol. The van der Waals surface area contributed by atoms with E-state index in [-0.39, 0.29) is 23.0 Å². The number of rotatable bonds is 3. The number of hydrogen-bond donors (Lipinski definition) is 0. The Hall–Kier alpha value is -1.44. The molecule has 8 heteroatoms. The van der Waals surface area contributed by atoms with Gasteiger partial charge in [0.25, 0.3) is 0 Å². The van der Waals surface area contributed by atoms with Gasteiger partial charge >= 0.3 is 0 Å². The van der Waals surface area contributed by atoms with E-state index in [0.29, 0.717) is 5.02 Å². The summed E-state index contributed by atoms with van der Waals surface area (Å²) in [4.78, 5) is 2.00. The van der Waals surface area contributed by atoms with Gasteiger partial charge in [0.1, 0.15) is 0 Å². The maximum absolute atomic E-state index is 13.1. The maximum atomic E-state index is 13.1. The third-order valence-electron chi connectivity index (χ3n) is 5.12. The molecule has 2 saturated heterocycles. The van der Waals surface area contributed by atoms with Crippen LogP contribution in [0.25, 0.3) is 0 Å². The summed E-state index contributed by atoms with van der Waals surface area (Å²) >= 11 is 6.14. The Labute approximate surface area is 146 Å². The summed E-state index contributed by atoms with van der Waals surface area (Å²) in [5.74, 6) is 0. The SMILES string of the molecule is Cc1ccc(S(=O)(=O)N2C3CCC2CC(n2nccn2)C3)cc1Cl. The minimum absolute atomic E-state index is 0.00447. The van der Waals surface area contributed by atoms with Crippen LogP contribution in [-0.2, 0) is 10.0 Å². The average molecular weight is 367 g/mol. The molecule has 2 aromatic rings. The Balaban J connectivity index is 1.64. The minimum atomic E-state index is -3.53. The van der Waals surface area contributed by atoms with Gasteiger partial charge in [-0.05, 0) is 50.3 Å². The van der Waals surface area contributed by atoms with Crippen molar-refractivity contribution < 1.29 is 8.42 Å². The van der Waals surface area contributed by atoms with Crippen molar-refractivity contribution in [3.63, 3.8) is 0 Å². The first kappa shape index (κ1) is 16.1. The second kappa shape index (κ2) is 5.82. The number of aryl methyl sites for hydroxylation is 1. The first-order valence-electron chi connectivity index (χ1n) is 8.12. The predicted molar refractivity (Wildman–Crippen MR) is 90.3 cm³/mol. The van der Waals surface area contributed by atoms with Crippen LogP contribution in [0, 0.1) is 6.92 Å². The average Bonchev–Trinajstić information content (AvgIpc) is 3.17. The lowest BCUT2D eigenvalue weighted by atomic mass is 10.0. The zero-order chi connectivity index (χ0) is 16.9. The highest BCUT2D eigenvalue weighted by atomic mass is 35.5. The molecule has 0 amide bonds. The number of aromatic nitrogens is 3. The smallest absolute Gasteiger partial charge is 0.207 e. The summed E-state index contributed by atoms with van der Waals surface area (Å²) in [6.45, 7) is 1.87. The normalized spacial score (nSPS) is 27.5. The molecule has 4 rings (SSSR count). The van der Waals surface area contributed by atoms with Gasteiger partial charge in [0.05, 0.1) is 23.3 Å². The quantitative estimate of drug-likeness (QED) is 0.837. The topological polar surface area (TPSA) is 68.1 Å². The van der Waals surface area contributed by atoms with Gasteiger partial charge in [0.15, 0.2) is 0 Å². The summed E-state index contributed by atoms with van der Waals surface area (Å²) in [5.41, 5.74) is 0.877. The van der Waals surface area contributed by atoms with Crippen LogP contribution in [-0.4, -0.2) is 39.8 Å². The second-order valence-electron chi connectivity index (χ2n) is 6.61. The molecule has 0 radical (unpaired) electrons. The number of piperidine rings is 1. The third-order valence-corrected chi connectivity index (χ3v) is 7.53. The molecule has 0 N–H and O–H groups in total. The number of nitrogens with zero attached hydrogens (tertiary/aromatic N) is 4. The Morgan fingerprint density at radius 1 is 1.08 bits per heavy atom. The molecule has 2 atom stereocenters. The van der Waals surface area contributed by atoms with Crippen molar-refractivity contribution in [1.29, 1.82) is 0 Å². The van der Waals surface area contributed by atoms with E-state index in [2.05, 4.69) is 10.2 Å². The summed E-state index contributed by atoms with van der Waals surface area (Å²) < 4.78 is 28.0. The van der Waals surface area contributed by atoms with E-state index in [0.717, 1.165) is 31.2 Å². The van der Waals surface area contributed by atoms with E-state index in [1.165, 1.54) is 0 Å². The lowest BCUT2D eigenvalue weighted by Crippen LogP contribution is -2.47. The van der Waals surface area contributed by atoms with Gasteiger partial charge in [-0.25, -0.2) is 8.42 Å². The summed E-state index contributed by atoms with van der Waals surface area (Å²) in [7, 11) is -3.53. The van der Waals surface area contributed by atoms with Crippen LogP contribution < -0.4 is 0 Å². The molecule has 6 nitrogen and oxygen atoms in total. The highest BCUT2D eigenvalue weighted by Crippen LogP contribution is 2.43. The van der Waals surface area contributed by atoms with Crippen molar-refractivity contribution in [3.8, 4) is 0 Å². The van der Waals surface area contributed by atoms with Gasteiger partial charge in [0, 0.05) is 17.1 Å². The molecule has 2 aliphatic heterocycles. The molecule has 1 aromatic heterocycles. The molecule has 128 valence electrons. The lowest BCUT2D eigenvalue weighted by Gasteiger charge is -2.37. The summed E-state index contributed by atoms with van der Waals surface area (Å²) in [5, 5.41) is 8.93. The first-order valence-corrected chi connectivity index (χ1v) is 9.94. The third kappa shape index (κ3) is 2.55. The van der Waals surface area contributed by atoms with Crippen LogP contribution in [0.1, 0.15) is 37.3 Å². The van der Waals surface area contributed by atoms with Gasteiger partial charge in [-0.3, -0.25) is 0 Å². The predicted octanol–water partition coefficient (Wildman–Crippen LogP) is 2.80. The monoisotopic (exact) mass is 366 g/mol. The highest BCUT2D eigenvalue weighted by molar-refractivity contribution is 7.89. The van der Waals surface area contributed by atoms with Crippen molar-refractivity contribution in [1.82, 2.24) is 19.3 Å². The molecule has 2 unspecified atom stereocenters. The van der Waals surface area contributed by atoms with Crippen molar-refractivity contribution >= 4 is 21.6 Å². The standard InChI is InChI=1S/C16H19ClN4O2S/c1-11-2-5-15(10-16(11)17)24(22,23)20-12-3-4-13(20)9-14(8-12)21-18-6-7-19-21/h2,5-7,10,12-14H,3-4,8-9H2,1H3. The van der Waals surface area contributed by atoms with Gasteiger partial charge in [-0.1, -0.05) is 17.7 Å². The van der Waals surface area contributed by atoms with Gasteiger partial charge in [-0.15, -0.1) is 0 Å². The Morgan fingerprint density at radius 2 is 1.71 bits per heavy atom. The van der Waals surface area contributed by atoms with E-state index >= 15 is 0 Å². The molecule has 24 heavy (non-hydrogen) atoms. The van der Waals surface area contributed by atoms with Crippen molar-refractivity contribution in [2.75, 3.05) is 0 Å². The molecule has 2 fully saturated rings. The first-order chi connectivity index (χ1) is 11.5. The fourth-order valence-electron chi connectivity index (χ4n) is 3.96. The molecular formula is C16H19ClN4O2S. The molecule has 3 heterocycles. The number of sulfonamides is 1. The molecule has 0 saturated carbocycles. The Morgan fingerprint density at radius 3 is 2.29 bits per heavy atom. The molecule has 2 bridgehead atoms. The number of fused-ring (bicyclic) bond motifs is 2. The molecule has 1 aromatic carbocycles. The van der Waals surface area contributed by atoms with Crippen LogP contribution in [0.5, 0.6) is 0 Å². The van der Waals surface area contributed by atoms with E-state index in [4.69, 9.17) is 11.6 Å². The maximum Gasteiger partial charge on any atom is 0.243 e. The van der Waals surface area contributed by atoms with Crippen molar-refractivity contribution in [3.05, 3.63) is 41.2 Å². The van der Waals surface area contributed by atoms with E-state index in [1.807, 2.05) is 6.92 Å². The fourth-order valence-corrected chi connectivity index (χ4v) is 6.12. The van der Waals surface area contributed by atoms with E-state index < -0.39 is 10.0 Å². The van der Waals surface area contributed by atoms with Gasteiger partial charge < -0.3 is 0 Å². The largest absolute Gasteiger partial charge is 0.243 e. The van der Waals surface area contributed by atoms with Crippen LogP contribution in [0.4, 0.5) is 0 Å². The zero-order valence-electron chi connectivity index (χ0n) is 13.3.